The molecule has 0 aromatic heterocycles. The van der Waals surface area contributed by atoms with Crippen LogP contribution in [0.15, 0.2) is 54.6 Å². The Morgan fingerprint density at radius 1 is 0.829 bits per heavy atom. The van der Waals surface area contributed by atoms with Crippen molar-refractivity contribution in [2.24, 2.45) is 0 Å². The van der Waals surface area contributed by atoms with E-state index in [9.17, 15) is 44.3 Å². The minimum Gasteiger partial charge on any atom is -0.496 e. The highest BCUT2D eigenvalue weighted by Gasteiger charge is 2.39. The molecule has 3 aromatic carbocycles. The number of halogens is 9. The van der Waals surface area contributed by atoms with Gasteiger partial charge in [-0.25, -0.2) is 4.79 Å². The lowest BCUT2D eigenvalue weighted by Crippen LogP contribution is -2.39. The largest absolute Gasteiger partial charge is 0.496 e. The summed E-state index contributed by atoms with van der Waals surface area (Å²) in [5, 5.41) is 2.11. The van der Waals surface area contributed by atoms with Crippen molar-refractivity contribution in [2.45, 2.75) is 44.8 Å². The molecule has 0 spiro atoms. The molecule has 0 saturated carbocycles. The van der Waals surface area contributed by atoms with E-state index in [1.165, 1.54) is 7.11 Å². The molecule has 0 saturated heterocycles. The maximum atomic E-state index is 14.1. The van der Waals surface area contributed by atoms with Gasteiger partial charge >= 0.3 is 24.6 Å². The van der Waals surface area contributed by atoms with Crippen molar-refractivity contribution in [1.29, 1.82) is 0 Å². The van der Waals surface area contributed by atoms with E-state index >= 15 is 0 Å². The topological polar surface area (TPSA) is 41.6 Å². The van der Waals surface area contributed by atoms with Gasteiger partial charge in [-0.15, -0.1) is 0 Å². The lowest BCUT2D eigenvalue weighted by Gasteiger charge is -2.27. The van der Waals surface area contributed by atoms with Crippen LogP contribution in [0.25, 0.3) is 11.1 Å². The average molecular weight is 593 g/mol. The smallest absolute Gasteiger partial charge is 0.418 e. The third kappa shape index (κ3) is 7.25. The van der Waals surface area contributed by atoms with Gasteiger partial charge in [-0.3, -0.25) is 4.90 Å². The molecular formula is C28H25F9N2O2. The van der Waals surface area contributed by atoms with E-state index in [1.54, 1.807) is 18.2 Å². The molecule has 0 fully saturated rings. The monoisotopic (exact) mass is 592 g/mol. The van der Waals surface area contributed by atoms with Crippen LogP contribution in [0, 0.1) is 0 Å². The number of nitrogens with zero attached hydrogens (tertiary/aromatic N) is 1. The van der Waals surface area contributed by atoms with E-state index in [1.807, 2.05) is 13.8 Å². The second-order valence-corrected chi connectivity index (χ2v) is 9.40. The molecule has 13 heteroatoms. The van der Waals surface area contributed by atoms with Crippen LogP contribution in [0.1, 0.15) is 47.6 Å². The summed E-state index contributed by atoms with van der Waals surface area (Å²) in [4.78, 5) is 13.3. The molecule has 0 bridgehead atoms. The fraction of sp³-hybridized carbons (Fsp3) is 0.321. The SMILES string of the molecule is CNC(=O)N(Cc1cc(C(F)(F)F)cc(C(F)(F)F)c1)c1cc(-c2cc(C(C)C)ccc2OC)ccc1C(F)(F)F. The third-order valence-corrected chi connectivity index (χ3v) is 6.24. The summed E-state index contributed by atoms with van der Waals surface area (Å²) in [6, 6.07) is 7.30. The number of ether oxygens (including phenoxy) is 1. The van der Waals surface area contributed by atoms with Crippen molar-refractivity contribution < 1.29 is 49.0 Å². The summed E-state index contributed by atoms with van der Waals surface area (Å²) < 4.78 is 128. The number of alkyl halides is 9. The molecule has 41 heavy (non-hydrogen) atoms. The van der Waals surface area contributed by atoms with Crippen LogP contribution in [0.3, 0.4) is 0 Å². The predicted molar refractivity (Wildman–Crippen MR) is 135 cm³/mol. The Morgan fingerprint density at radius 3 is 1.88 bits per heavy atom. The van der Waals surface area contributed by atoms with Crippen molar-refractivity contribution >= 4 is 11.7 Å². The summed E-state index contributed by atoms with van der Waals surface area (Å²) in [6.45, 7) is 2.74. The minimum atomic E-state index is -5.19. The van der Waals surface area contributed by atoms with E-state index in [0.29, 0.717) is 34.4 Å². The van der Waals surface area contributed by atoms with Crippen LogP contribution in [-0.2, 0) is 25.1 Å². The Labute approximate surface area is 229 Å². The van der Waals surface area contributed by atoms with Crippen molar-refractivity contribution in [2.75, 3.05) is 19.1 Å². The lowest BCUT2D eigenvalue weighted by atomic mass is 9.95. The van der Waals surface area contributed by atoms with Crippen molar-refractivity contribution in [3.63, 3.8) is 0 Å². The predicted octanol–water partition coefficient (Wildman–Crippen LogP) is 8.89. The highest BCUT2D eigenvalue weighted by molar-refractivity contribution is 5.94. The molecule has 0 aliphatic carbocycles. The molecule has 0 radical (unpaired) electrons. The maximum absolute atomic E-state index is 14.1. The molecule has 0 unspecified atom stereocenters. The molecule has 0 aliphatic rings. The number of amides is 2. The van der Waals surface area contributed by atoms with Crippen LogP contribution in [-0.4, -0.2) is 20.2 Å². The van der Waals surface area contributed by atoms with Crippen LogP contribution < -0.4 is 15.0 Å². The maximum Gasteiger partial charge on any atom is 0.418 e. The van der Waals surface area contributed by atoms with Gasteiger partial charge in [0.05, 0.1) is 36.0 Å². The fourth-order valence-electron chi connectivity index (χ4n) is 4.17. The molecule has 3 aromatic rings. The normalized spacial score (nSPS) is 12.4. The van der Waals surface area contributed by atoms with Crippen LogP contribution in [0.2, 0.25) is 0 Å². The Balaban J connectivity index is 2.28. The number of anilines is 1. The van der Waals surface area contributed by atoms with Crippen LogP contribution in [0.4, 0.5) is 50.0 Å². The van der Waals surface area contributed by atoms with Gasteiger partial charge in [0.2, 0.25) is 0 Å². The van der Waals surface area contributed by atoms with Gasteiger partial charge in [-0.05, 0) is 65.1 Å². The van der Waals surface area contributed by atoms with E-state index < -0.39 is 59.0 Å². The third-order valence-electron chi connectivity index (χ3n) is 6.24. The number of benzene rings is 3. The molecule has 4 nitrogen and oxygen atoms in total. The van der Waals surface area contributed by atoms with Gasteiger partial charge in [0.15, 0.2) is 0 Å². The molecule has 0 heterocycles. The van der Waals surface area contributed by atoms with E-state index in [-0.39, 0.29) is 17.5 Å². The van der Waals surface area contributed by atoms with Crippen molar-refractivity contribution in [3.8, 4) is 16.9 Å². The number of hydrogen-bond acceptors (Lipinski definition) is 2. The Hall–Kier alpha value is -3.90. The lowest BCUT2D eigenvalue weighted by molar-refractivity contribution is -0.143. The molecular weight excluding hydrogens is 567 g/mol. The summed E-state index contributed by atoms with van der Waals surface area (Å²) in [5.41, 5.74) is -4.78. The summed E-state index contributed by atoms with van der Waals surface area (Å²) >= 11 is 0. The Morgan fingerprint density at radius 2 is 1.41 bits per heavy atom. The zero-order chi connectivity index (χ0) is 30.9. The number of methoxy groups -OCH3 is 1. The first-order valence-electron chi connectivity index (χ1n) is 12.0. The van der Waals surface area contributed by atoms with Crippen molar-refractivity contribution in [1.82, 2.24) is 5.32 Å². The highest BCUT2D eigenvalue weighted by Crippen LogP contribution is 2.42. The second kappa shape index (κ2) is 11.5. The van der Waals surface area contributed by atoms with Gasteiger partial charge in [0, 0.05) is 12.6 Å². The number of carbonyl (C=O) groups excluding carboxylic acids is 1. The van der Waals surface area contributed by atoms with Gasteiger partial charge in [0.1, 0.15) is 5.75 Å². The zero-order valence-electron chi connectivity index (χ0n) is 22.1. The van der Waals surface area contributed by atoms with Gasteiger partial charge in [0.25, 0.3) is 0 Å². The second-order valence-electron chi connectivity index (χ2n) is 9.40. The fourth-order valence-corrected chi connectivity index (χ4v) is 4.17. The molecule has 0 aliphatic heterocycles. The molecule has 222 valence electrons. The van der Waals surface area contributed by atoms with Crippen LogP contribution in [0.5, 0.6) is 5.75 Å². The summed E-state index contributed by atoms with van der Waals surface area (Å²) in [7, 11) is 2.41. The summed E-state index contributed by atoms with van der Waals surface area (Å²) in [6.07, 6.45) is -15.4. The van der Waals surface area contributed by atoms with Gasteiger partial charge in [-0.1, -0.05) is 26.0 Å². The first-order chi connectivity index (χ1) is 18.9. The van der Waals surface area contributed by atoms with Crippen LogP contribution >= 0.6 is 0 Å². The number of hydrogen-bond donors (Lipinski definition) is 1. The Kier molecular flexibility index (Phi) is 8.90. The number of carbonyl (C=O) groups is 1. The summed E-state index contributed by atoms with van der Waals surface area (Å²) in [5.74, 6) is 0.318. The standard InChI is InChI=1S/C28H25F9N2O2/c1-15(2)17-6-8-24(41-4)21(11-17)18-5-7-22(28(35,36)37)23(12-18)39(25(40)38-3)14-16-9-19(26(29,30)31)13-20(10-16)27(32,33)34/h5-13,15H,14H2,1-4H3,(H,38,40). The number of rotatable bonds is 6. The van der Waals surface area contributed by atoms with E-state index in [0.717, 1.165) is 24.7 Å². The van der Waals surface area contributed by atoms with Crippen molar-refractivity contribution in [3.05, 3.63) is 82.4 Å². The minimum absolute atomic E-state index is 0.0275. The van der Waals surface area contributed by atoms with Gasteiger partial charge in [-0.2, -0.15) is 39.5 Å². The Bertz CT molecular complexity index is 1380. The van der Waals surface area contributed by atoms with E-state index in [2.05, 4.69) is 5.32 Å². The quantitative estimate of drug-likeness (QED) is 0.291. The molecule has 0 atom stereocenters. The zero-order valence-corrected chi connectivity index (χ0v) is 22.1. The van der Waals surface area contributed by atoms with Gasteiger partial charge < -0.3 is 10.1 Å². The molecule has 3 rings (SSSR count). The number of nitrogens with one attached hydrogen (secondary N) is 1. The first-order valence-corrected chi connectivity index (χ1v) is 12.0. The van der Waals surface area contributed by atoms with E-state index in [4.69, 9.17) is 4.74 Å². The molecule has 2 amide bonds. The highest BCUT2D eigenvalue weighted by atomic mass is 19.4. The first kappa shape index (κ1) is 31.6. The molecule has 1 N–H and O–H groups in total. The number of urea groups is 1. The average Bonchev–Trinajstić information content (AvgIpc) is 2.88.